The Morgan fingerprint density at radius 1 is 0.316 bits per heavy atom. The van der Waals surface area contributed by atoms with E-state index in [9.17, 15) is 0 Å². The van der Waals surface area contributed by atoms with Crippen LogP contribution in [0.25, 0.3) is 77.2 Å². The van der Waals surface area contributed by atoms with Crippen LogP contribution in [0.2, 0.25) is 0 Å². The Hall–Kier alpha value is -7.62. The van der Waals surface area contributed by atoms with Crippen LogP contribution < -0.4 is 4.90 Å². The molecule has 0 saturated carbocycles. The average Bonchev–Trinajstić information content (AvgIpc) is 3.84. The smallest absolute Gasteiger partial charge is 0.0645 e. The molecule has 0 aliphatic rings. The fraction of sp³-hybridized carbons (Fsp3) is 0. The number of aromatic nitrogens is 2. The molecule has 0 aliphatic carbocycles. The van der Waals surface area contributed by atoms with E-state index >= 15 is 0 Å². The monoisotopic (exact) mass is 732 g/mol. The van der Waals surface area contributed by atoms with Crippen molar-refractivity contribution in [1.82, 2.24) is 9.13 Å². The Morgan fingerprint density at radius 2 is 0.807 bits per heavy atom. The van der Waals surface area contributed by atoms with Crippen LogP contribution in [-0.4, -0.2) is 9.13 Å². The molecule has 268 valence electrons. The summed E-state index contributed by atoms with van der Waals surface area (Å²) >= 11 is 0. The third-order valence-electron chi connectivity index (χ3n) is 11.0. The zero-order valence-electron chi connectivity index (χ0n) is 35.8. The fourth-order valence-electron chi connectivity index (χ4n) is 8.41. The molecule has 3 heteroatoms. The molecule has 2 aromatic heterocycles. The van der Waals surface area contributed by atoms with Gasteiger partial charge in [-0.2, -0.15) is 0 Å². The van der Waals surface area contributed by atoms with Crippen molar-refractivity contribution in [3.8, 4) is 33.6 Å². The zero-order chi connectivity index (χ0) is 42.1. The molecule has 0 aliphatic heterocycles. The first kappa shape index (κ1) is 27.9. The number of fused-ring (bicyclic) bond motifs is 6. The predicted octanol–water partition coefficient (Wildman–Crippen LogP) is 14.7. The normalized spacial score (nSPS) is 12.7. The molecule has 11 rings (SSSR count). The van der Waals surface area contributed by atoms with Crippen molar-refractivity contribution >= 4 is 60.7 Å². The second kappa shape index (κ2) is 13.6. The Labute approximate surface area is 338 Å². The van der Waals surface area contributed by atoms with Crippen LogP contribution in [0.15, 0.2) is 224 Å². The van der Waals surface area contributed by atoms with Crippen molar-refractivity contribution in [2.45, 2.75) is 0 Å². The van der Waals surface area contributed by atoms with Crippen LogP contribution in [0, 0.1) is 0 Å². The highest BCUT2D eigenvalue weighted by Gasteiger charge is 2.18. The minimum atomic E-state index is -0.430. The van der Waals surface area contributed by atoms with E-state index in [2.05, 4.69) is 118 Å². The lowest BCUT2D eigenvalue weighted by atomic mass is 10.0. The Balaban J connectivity index is 1.06. The summed E-state index contributed by atoms with van der Waals surface area (Å²) in [6, 6.07) is 65.0. The summed E-state index contributed by atoms with van der Waals surface area (Å²) in [5.74, 6) is 0. The van der Waals surface area contributed by atoms with Gasteiger partial charge in [0.2, 0.25) is 0 Å². The Morgan fingerprint density at radius 3 is 1.44 bits per heavy atom. The molecule has 0 fully saturated rings. The minimum Gasteiger partial charge on any atom is -0.310 e. The first-order valence-electron chi connectivity index (χ1n) is 21.6. The maximum absolute atomic E-state index is 9.05. The van der Waals surface area contributed by atoms with Gasteiger partial charge in [-0.05, 0) is 113 Å². The summed E-state index contributed by atoms with van der Waals surface area (Å²) in [6.07, 6.45) is 0. The molecular weight excluding hydrogens is 691 g/mol. The van der Waals surface area contributed by atoms with Crippen LogP contribution >= 0.6 is 0 Å². The quantitative estimate of drug-likeness (QED) is 0.159. The number of hydrogen-bond donors (Lipinski definition) is 0. The minimum absolute atomic E-state index is 0.0799. The molecule has 0 saturated heterocycles. The first-order valence-corrected chi connectivity index (χ1v) is 19.1. The summed E-state index contributed by atoms with van der Waals surface area (Å²) in [5, 5.41) is 4.61. The summed E-state index contributed by atoms with van der Waals surface area (Å²) in [7, 11) is 0. The number of para-hydroxylation sites is 4. The lowest BCUT2D eigenvalue weighted by molar-refractivity contribution is 1.17. The molecule has 9 aromatic carbocycles. The second-order valence-corrected chi connectivity index (χ2v) is 14.2. The van der Waals surface area contributed by atoms with E-state index in [1.54, 1.807) is 4.90 Å². The van der Waals surface area contributed by atoms with Crippen LogP contribution in [0.5, 0.6) is 0 Å². The number of rotatable bonds is 7. The van der Waals surface area contributed by atoms with Gasteiger partial charge in [0.25, 0.3) is 0 Å². The first-order chi connectivity index (χ1) is 30.4. The number of anilines is 3. The van der Waals surface area contributed by atoms with Gasteiger partial charge >= 0.3 is 0 Å². The average molecular weight is 733 g/mol. The largest absolute Gasteiger partial charge is 0.310 e. The SMILES string of the molecule is [2H]c1c([2H])c([2H])c(N(c2ccc(-c3ccccc3)cc2)c2cccc(-n3c4ccccc4c4cc(-c5ccc6c(c5)c5ccccc5n6-c5ccccc5)ccc43)c2)c([2H])c1[2H]. The van der Waals surface area contributed by atoms with E-state index in [4.69, 9.17) is 6.85 Å². The van der Waals surface area contributed by atoms with Crippen LogP contribution in [-0.2, 0) is 0 Å². The molecule has 0 spiro atoms. The molecule has 3 nitrogen and oxygen atoms in total. The van der Waals surface area contributed by atoms with Crippen LogP contribution in [0.3, 0.4) is 0 Å². The number of hydrogen-bond acceptors (Lipinski definition) is 1. The van der Waals surface area contributed by atoms with Gasteiger partial charge in [-0.1, -0.05) is 133 Å². The van der Waals surface area contributed by atoms with Gasteiger partial charge in [-0.25, -0.2) is 0 Å². The van der Waals surface area contributed by atoms with Crippen LogP contribution in [0.4, 0.5) is 17.1 Å². The summed E-state index contributed by atoms with van der Waals surface area (Å²) in [6.45, 7) is 0. The van der Waals surface area contributed by atoms with Gasteiger partial charge in [-0.15, -0.1) is 0 Å². The molecule has 0 unspecified atom stereocenters. The van der Waals surface area contributed by atoms with E-state index in [-0.39, 0.29) is 29.9 Å². The molecule has 57 heavy (non-hydrogen) atoms. The van der Waals surface area contributed by atoms with Gasteiger partial charge < -0.3 is 14.0 Å². The number of benzene rings is 9. The Kier molecular flexibility index (Phi) is 6.65. The Bertz CT molecular complexity index is 3490. The van der Waals surface area contributed by atoms with E-state index in [0.29, 0.717) is 11.4 Å². The highest BCUT2D eigenvalue weighted by Crippen LogP contribution is 2.40. The van der Waals surface area contributed by atoms with Crippen molar-refractivity contribution in [2.75, 3.05) is 4.90 Å². The lowest BCUT2D eigenvalue weighted by Crippen LogP contribution is -2.10. The molecule has 0 amide bonds. The second-order valence-electron chi connectivity index (χ2n) is 14.2. The van der Waals surface area contributed by atoms with Gasteiger partial charge in [0.05, 0.1) is 28.9 Å². The van der Waals surface area contributed by atoms with Gasteiger partial charge in [-0.3, -0.25) is 0 Å². The van der Waals surface area contributed by atoms with E-state index in [1.807, 2.05) is 84.9 Å². The zero-order valence-corrected chi connectivity index (χ0v) is 30.8. The molecule has 0 atom stereocenters. The van der Waals surface area contributed by atoms with Gasteiger partial charge in [0.15, 0.2) is 0 Å². The third kappa shape index (κ3) is 5.60. The van der Waals surface area contributed by atoms with E-state index in [1.165, 1.54) is 16.3 Å². The fourth-order valence-corrected chi connectivity index (χ4v) is 8.41. The van der Waals surface area contributed by atoms with Crippen molar-refractivity contribution in [3.63, 3.8) is 0 Å². The summed E-state index contributed by atoms with van der Waals surface area (Å²) < 4.78 is 48.2. The summed E-state index contributed by atoms with van der Waals surface area (Å²) in [5.41, 5.74) is 12.1. The molecule has 0 bridgehead atoms. The summed E-state index contributed by atoms with van der Waals surface area (Å²) in [4.78, 5) is 1.77. The van der Waals surface area contributed by atoms with Crippen molar-refractivity contribution in [2.24, 2.45) is 0 Å². The molecular formula is C54H37N3. The third-order valence-corrected chi connectivity index (χ3v) is 11.0. The maximum Gasteiger partial charge on any atom is 0.0645 e. The lowest BCUT2D eigenvalue weighted by Gasteiger charge is -2.26. The molecule has 11 aromatic rings. The standard InChI is InChI=1S/C54H37N3/c1-4-15-38(16-5-1)39-27-31-44(32-28-39)55(42-17-6-2-7-18-42)45-21-14-22-46(37-45)57-52-26-13-11-24-48(52)50-36-41(30-34-54(50)57)40-29-33-53-49(35-40)47-23-10-12-25-51(47)56(53)43-19-8-3-9-20-43/h1-37H/i2D,6D,7D,17D,18D. The van der Waals surface area contributed by atoms with Gasteiger partial charge in [0.1, 0.15) is 0 Å². The molecule has 2 heterocycles. The van der Waals surface area contributed by atoms with Gasteiger partial charge in [0, 0.05) is 50.0 Å². The topological polar surface area (TPSA) is 13.1 Å². The van der Waals surface area contributed by atoms with E-state index < -0.39 is 6.04 Å². The molecule has 0 N–H and O–H groups in total. The highest BCUT2D eigenvalue weighted by molar-refractivity contribution is 6.12. The van der Waals surface area contributed by atoms with Crippen molar-refractivity contribution in [3.05, 3.63) is 224 Å². The predicted molar refractivity (Wildman–Crippen MR) is 241 cm³/mol. The van der Waals surface area contributed by atoms with Crippen LogP contribution in [0.1, 0.15) is 6.85 Å². The number of nitrogens with zero attached hydrogens (tertiary/aromatic N) is 3. The van der Waals surface area contributed by atoms with Crippen molar-refractivity contribution in [1.29, 1.82) is 0 Å². The maximum atomic E-state index is 9.05. The van der Waals surface area contributed by atoms with E-state index in [0.717, 1.165) is 61.0 Å². The molecule has 0 radical (unpaired) electrons. The van der Waals surface area contributed by atoms with Crippen molar-refractivity contribution < 1.29 is 6.85 Å². The highest BCUT2D eigenvalue weighted by atomic mass is 15.1.